The largest absolute Gasteiger partial charge is 0.363 e. The molecule has 7 heteroatoms. The maximum Gasteiger partial charge on any atom is 0.282 e. The van der Waals surface area contributed by atoms with Crippen LogP contribution in [-0.2, 0) is 0 Å². The van der Waals surface area contributed by atoms with Gasteiger partial charge in [0.15, 0.2) is 5.03 Å². The fourth-order valence-corrected chi connectivity index (χ4v) is 0.265. The minimum absolute atomic E-state index is 0.187. The highest BCUT2D eigenvalue weighted by Crippen LogP contribution is 1.75. The number of nitrogens with two attached hydrogens (primary N) is 1. The molecule has 0 aliphatic rings. The molecule has 0 radical (unpaired) electrons. The third kappa shape index (κ3) is 2.82. The smallest absolute Gasteiger partial charge is 0.282 e. The van der Waals surface area contributed by atoms with E-state index < -0.39 is 5.03 Å². The standard InChI is InChI=1S/C3H9N5O2/c1-5-7(2)3(4)6-8(9)10/h5H,1-2H3,(H2,4,6). The Bertz CT molecular complexity index is 155. The van der Waals surface area contributed by atoms with Crippen LogP contribution in [0.15, 0.2) is 5.10 Å². The Hall–Kier alpha value is -1.37. The van der Waals surface area contributed by atoms with Crippen LogP contribution in [-0.4, -0.2) is 30.1 Å². The number of nitrogens with one attached hydrogen (secondary N) is 1. The van der Waals surface area contributed by atoms with Crippen molar-refractivity contribution in [1.82, 2.24) is 10.4 Å². The first-order valence-corrected chi connectivity index (χ1v) is 2.47. The van der Waals surface area contributed by atoms with Crippen LogP contribution in [0.1, 0.15) is 0 Å². The first-order chi connectivity index (χ1) is 4.57. The Morgan fingerprint density at radius 2 is 2.40 bits per heavy atom. The molecule has 0 rings (SSSR count). The van der Waals surface area contributed by atoms with Gasteiger partial charge in [0.1, 0.15) is 5.10 Å². The van der Waals surface area contributed by atoms with E-state index in [9.17, 15) is 10.1 Å². The number of nitro groups is 1. The molecule has 0 saturated heterocycles. The van der Waals surface area contributed by atoms with E-state index in [4.69, 9.17) is 5.73 Å². The van der Waals surface area contributed by atoms with E-state index in [1.807, 2.05) is 0 Å². The summed E-state index contributed by atoms with van der Waals surface area (Å²) in [6.45, 7) is 0. The summed E-state index contributed by atoms with van der Waals surface area (Å²) >= 11 is 0. The second-order valence-electron chi connectivity index (χ2n) is 1.48. The third-order valence-corrected chi connectivity index (χ3v) is 0.863. The molecular formula is C3H9N5O2. The van der Waals surface area contributed by atoms with Gasteiger partial charge < -0.3 is 5.73 Å². The van der Waals surface area contributed by atoms with Crippen molar-refractivity contribution in [2.24, 2.45) is 10.8 Å². The van der Waals surface area contributed by atoms with Crippen LogP contribution in [0.25, 0.3) is 0 Å². The molecule has 0 aliphatic heterocycles. The second kappa shape index (κ2) is 3.62. The van der Waals surface area contributed by atoms with Crippen molar-refractivity contribution in [2.45, 2.75) is 0 Å². The van der Waals surface area contributed by atoms with Gasteiger partial charge in [-0.3, -0.25) is 5.01 Å². The van der Waals surface area contributed by atoms with Crippen molar-refractivity contribution in [3.8, 4) is 0 Å². The Morgan fingerprint density at radius 1 is 1.90 bits per heavy atom. The summed E-state index contributed by atoms with van der Waals surface area (Å²) in [5, 5.41) is 12.9. The highest BCUT2D eigenvalue weighted by molar-refractivity contribution is 5.76. The van der Waals surface area contributed by atoms with E-state index in [0.717, 1.165) is 0 Å². The van der Waals surface area contributed by atoms with Crippen LogP contribution in [0.3, 0.4) is 0 Å². The second-order valence-corrected chi connectivity index (χ2v) is 1.48. The summed E-state index contributed by atoms with van der Waals surface area (Å²) in [7, 11) is 3.09. The fourth-order valence-electron chi connectivity index (χ4n) is 0.265. The van der Waals surface area contributed by atoms with Gasteiger partial charge in [0, 0.05) is 14.1 Å². The van der Waals surface area contributed by atoms with E-state index >= 15 is 0 Å². The van der Waals surface area contributed by atoms with Gasteiger partial charge in [-0.25, -0.2) is 15.5 Å². The van der Waals surface area contributed by atoms with Gasteiger partial charge in [0.2, 0.25) is 0 Å². The van der Waals surface area contributed by atoms with Gasteiger partial charge >= 0.3 is 0 Å². The van der Waals surface area contributed by atoms with Gasteiger partial charge in [-0.2, -0.15) is 0 Å². The highest BCUT2D eigenvalue weighted by Gasteiger charge is 2.02. The van der Waals surface area contributed by atoms with Gasteiger partial charge in [-0.1, -0.05) is 0 Å². The lowest BCUT2D eigenvalue weighted by Crippen LogP contribution is -2.42. The van der Waals surface area contributed by atoms with Gasteiger partial charge in [-0.15, -0.1) is 0 Å². The Balaban J connectivity index is 4.04. The minimum atomic E-state index is -0.858. The molecule has 0 amide bonds. The zero-order valence-electron chi connectivity index (χ0n) is 5.74. The maximum absolute atomic E-state index is 9.71. The molecule has 0 bridgehead atoms. The quantitative estimate of drug-likeness (QED) is 0.216. The van der Waals surface area contributed by atoms with Crippen LogP contribution in [0.5, 0.6) is 0 Å². The lowest BCUT2D eigenvalue weighted by molar-refractivity contribution is -0.485. The van der Waals surface area contributed by atoms with Crippen molar-refractivity contribution in [3.63, 3.8) is 0 Å². The molecule has 7 nitrogen and oxygen atoms in total. The molecule has 0 aromatic rings. The number of guanidine groups is 1. The summed E-state index contributed by atoms with van der Waals surface area (Å²) < 4.78 is 0. The summed E-state index contributed by atoms with van der Waals surface area (Å²) in [5.41, 5.74) is 7.64. The third-order valence-electron chi connectivity index (χ3n) is 0.863. The van der Waals surface area contributed by atoms with E-state index in [1.54, 1.807) is 7.05 Å². The molecule has 0 aliphatic carbocycles. The normalized spacial score (nSPS) is 11.2. The van der Waals surface area contributed by atoms with Crippen LogP contribution >= 0.6 is 0 Å². The van der Waals surface area contributed by atoms with Gasteiger partial charge in [0.25, 0.3) is 5.96 Å². The molecule has 0 saturated carbocycles. The molecule has 0 heterocycles. The zero-order chi connectivity index (χ0) is 8.15. The molecule has 3 N–H and O–H groups in total. The molecule has 0 fully saturated rings. The summed E-state index contributed by atoms with van der Waals surface area (Å²) in [6.07, 6.45) is 0. The predicted octanol–water partition coefficient (Wildman–Crippen LogP) is -1.44. The highest BCUT2D eigenvalue weighted by atomic mass is 16.7. The summed E-state index contributed by atoms with van der Waals surface area (Å²) in [6, 6.07) is 0. The number of hydrazone groups is 1. The lowest BCUT2D eigenvalue weighted by atomic mass is 10.9. The van der Waals surface area contributed by atoms with E-state index in [1.165, 1.54) is 12.1 Å². The first-order valence-electron chi connectivity index (χ1n) is 2.47. The van der Waals surface area contributed by atoms with Crippen molar-refractivity contribution >= 4 is 5.96 Å². The van der Waals surface area contributed by atoms with Crippen molar-refractivity contribution in [1.29, 1.82) is 0 Å². The summed E-state index contributed by atoms with van der Waals surface area (Å²) in [4.78, 5) is 9.71. The van der Waals surface area contributed by atoms with Crippen molar-refractivity contribution < 1.29 is 5.03 Å². The van der Waals surface area contributed by atoms with Crippen molar-refractivity contribution in [3.05, 3.63) is 10.1 Å². The zero-order valence-corrected chi connectivity index (χ0v) is 5.74. The monoisotopic (exact) mass is 147 g/mol. The maximum atomic E-state index is 9.71. The minimum Gasteiger partial charge on any atom is -0.363 e. The molecule has 0 atom stereocenters. The van der Waals surface area contributed by atoms with Crippen LogP contribution in [0.2, 0.25) is 0 Å². The van der Waals surface area contributed by atoms with Crippen LogP contribution in [0.4, 0.5) is 0 Å². The fraction of sp³-hybridized carbons (Fsp3) is 0.667. The lowest BCUT2D eigenvalue weighted by Gasteiger charge is -2.12. The average Bonchev–Trinajstić information content (AvgIpc) is 1.85. The van der Waals surface area contributed by atoms with E-state index in [0.29, 0.717) is 0 Å². The molecule has 0 spiro atoms. The number of hydrazine groups is 1. The average molecular weight is 147 g/mol. The number of hydrogen-bond acceptors (Lipinski definition) is 3. The SMILES string of the molecule is CNN(C)/C(N)=N/[N+](=O)[O-]. The van der Waals surface area contributed by atoms with E-state index in [2.05, 4.69) is 10.5 Å². The van der Waals surface area contributed by atoms with Gasteiger partial charge in [-0.05, 0) is 0 Å². The van der Waals surface area contributed by atoms with Crippen LogP contribution < -0.4 is 11.2 Å². The van der Waals surface area contributed by atoms with E-state index in [-0.39, 0.29) is 5.96 Å². The van der Waals surface area contributed by atoms with Crippen LogP contribution in [0, 0.1) is 10.1 Å². The molecule has 10 heavy (non-hydrogen) atoms. The molecular weight excluding hydrogens is 138 g/mol. The molecule has 0 aromatic heterocycles. The molecule has 0 unspecified atom stereocenters. The summed E-state index contributed by atoms with van der Waals surface area (Å²) in [5.74, 6) is -0.187. The molecule has 58 valence electrons. The Morgan fingerprint density at radius 3 is 2.70 bits per heavy atom. The number of hydrogen-bond donors (Lipinski definition) is 2. The Kier molecular flexibility index (Phi) is 3.12. The van der Waals surface area contributed by atoms with Crippen molar-refractivity contribution in [2.75, 3.05) is 14.1 Å². The number of rotatable bonds is 2. The Labute approximate surface area is 57.6 Å². The first kappa shape index (κ1) is 8.63. The van der Waals surface area contributed by atoms with Gasteiger partial charge in [0.05, 0.1) is 0 Å². The molecule has 0 aromatic carbocycles. The number of nitrogens with zero attached hydrogens (tertiary/aromatic N) is 3. The predicted molar refractivity (Wildman–Crippen MR) is 35.4 cm³/mol. The topological polar surface area (TPSA) is 96.8 Å².